The normalized spacial score (nSPS) is 28.3. The molecule has 1 N–H and O–H groups in total. The van der Waals surface area contributed by atoms with Crippen molar-refractivity contribution in [1.29, 1.82) is 0 Å². The van der Waals surface area contributed by atoms with E-state index in [1.807, 2.05) is 6.20 Å². The van der Waals surface area contributed by atoms with Gasteiger partial charge < -0.3 is 10.2 Å². The molecule has 3 rings (SSSR count). The van der Waals surface area contributed by atoms with E-state index >= 15 is 0 Å². The van der Waals surface area contributed by atoms with Crippen LogP contribution in [0.1, 0.15) is 36.9 Å². The number of rotatable bonds is 3. The molecule has 3 nitrogen and oxygen atoms in total. The van der Waals surface area contributed by atoms with Crippen LogP contribution in [0.3, 0.4) is 0 Å². The number of pyridine rings is 1. The van der Waals surface area contributed by atoms with Crippen molar-refractivity contribution in [2.45, 2.75) is 51.2 Å². The minimum absolute atomic E-state index is 0.687. The zero-order valence-electron chi connectivity index (χ0n) is 11.2. The maximum atomic E-state index is 4.46. The van der Waals surface area contributed by atoms with E-state index in [1.165, 1.54) is 44.3 Å². The van der Waals surface area contributed by atoms with Gasteiger partial charge in [0.25, 0.3) is 0 Å². The van der Waals surface area contributed by atoms with Crippen LogP contribution in [0.15, 0.2) is 18.3 Å². The van der Waals surface area contributed by atoms with E-state index < -0.39 is 0 Å². The summed E-state index contributed by atoms with van der Waals surface area (Å²) in [5.74, 6) is 0. The predicted octanol–water partition coefficient (Wildman–Crippen LogP) is 2.11. The Morgan fingerprint density at radius 3 is 3.11 bits per heavy atom. The van der Waals surface area contributed by atoms with Crippen molar-refractivity contribution in [3.63, 3.8) is 0 Å². The summed E-state index contributed by atoms with van der Waals surface area (Å²) >= 11 is 0. The number of piperidine rings is 1. The quantitative estimate of drug-likeness (QED) is 0.884. The van der Waals surface area contributed by atoms with E-state index in [0.29, 0.717) is 6.04 Å². The number of aryl methyl sites for hydroxylation is 1. The smallest absolute Gasteiger partial charge is 0.0541 e. The van der Waals surface area contributed by atoms with Crippen LogP contribution < -0.4 is 5.32 Å². The van der Waals surface area contributed by atoms with Crippen LogP contribution in [-0.4, -0.2) is 35.1 Å². The van der Waals surface area contributed by atoms with E-state index in [2.05, 4.69) is 34.3 Å². The summed E-state index contributed by atoms with van der Waals surface area (Å²) in [6.07, 6.45) is 7.38. The first-order chi connectivity index (χ1) is 8.81. The molecule has 1 aromatic heterocycles. The van der Waals surface area contributed by atoms with Crippen LogP contribution in [0.25, 0.3) is 0 Å². The predicted molar refractivity (Wildman–Crippen MR) is 73.4 cm³/mol. The molecular formula is C15H23N3. The van der Waals surface area contributed by atoms with Crippen LogP contribution in [0.5, 0.6) is 0 Å². The fraction of sp³-hybridized carbons (Fsp3) is 0.667. The van der Waals surface area contributed by atoms with Crippen molar-refractivity contribution in [3.8, 4) is 0 Å². The number of fused-ring (bicyclic) bond motifs is 1. The SMILES string of the molecule is Cc1ccc(CNC2CCN3CCCC3C2)nc1. The number of nitrogens with one attached hydrogen (secondary N) is 1. The van der Waals surface area contributed by atoms with Crippen LogP contribution in [-0.2, 0) is 6.54 Å². The third-order valence-corrected chi connectivity index (χ3v) is 4.36. The molecule has 2 aliphatic rings. The van der Waals surface area contributed by atoms with Crippen LogP contribution in [0.4, 0.5) is 0 Å². The highest BCUT2D eigenvalue weighted by Crippen LogP contribution is 2.26. The Morgan fingerprint density at radius 1 is 1.33 bits per heavy atom. The van der Waals surface area contributed by atoms with Crippen molar-refractivity contribution in [1.82, 2.24) is 15.2 Å². The molecule has 0 spiro atoms. The van der Waals surface area contributed by atoms with E-state index in [4.69, 9.17) is 0 Å². The lowest BCUT2D eigenvalue weighted by atomic mass is 9.97. The van der Waals surface area contributed by atoms with Crippen LogP contribution >= 0.6 is 0 Å². The molecule has 0 amide bonds. The average molecular weight is 245 g/mol. The van der Waals surface area contributed by atoms with E-state index in [9.17, 15) is 0 Å². The lowest BCUT2D eigenvalue weighted by molar-refractivity contribution is 0.166. The number of hydrogen-bond acceptors (Lipinski definition) is 3. The Balaban J connectivity index is 1.50. The Labute approximate surface area is 110 Å². The molecule has 0 bridgehead atoms. The molecule has 0 radical (unpaired) electrons. The Hall–Kier alpha value is -0.930. The fourth-order valence-electron chi connectivity index (χ4n) is 3.26. The largest absolute Gasteiger partial charge is 0.308 e. The molecule has 3 heterocycles. The summed E-state index contributed by atoms with van der Waals surface area (Å²) in [7, 11) is 0. The molecule has 98 valence electrons. The van der Waals surface area contributed by atoms with Gasteiger partial charge in [-0.25, -0.2) is 0 Å². The highest BCUT2D eigenvalue weighted by atomic mass is 15.2. The summed E-state index contributed by atoms with van der Waals surface area (Å²) in [6, 6.07) is 5.81. The average Bonchev–Trinajstić information content (AvgIpc) is 2.85. The van der Waals surface area contributed by atoms with Crippen LogP contribution in [0.2, 0.25) is 0 Å². The maximum Gasteiger partial charge on any atom is 0.0541 e. The topological polar surface area (TPSA) is 28.2 Å². The third-order valence-electron chi connectivity index (χ3n) is 4.36. The summed E-state index contributed by atoms with van der Waals surface area (Å²) < 4.78 is 0. The molecule has 0 aliphatic carbocycles. The second-order valence-electron chi connectivity index (χ2n) is 5.76. The molecule has 2 fully saturated rings. The number of hydrogen-bond donors (Lipinski definition) is 1. The van der Waals surface area contributed by atoms with Gasteiger partial charge in [-0.3, -0.25) is 4.98 Å². The lowest BCUT2D eigenvalue weighted by Crippen LogP contribution is -2.45. The van der Waals surface area contributed by atoms with E-state index in [1.54, 1.807) is 0 Å². The molecular weight excluding hydrogens is 222 g/mol. The van der Waals surface area contributed by atoms with Gasteiger partial charge in [-0.2, -0.15) is 0 Å². The molecule has 2 aliphatic heterocycles. The van der Waals surface area contributed by atoms with E-state index in [0.717, 1.165) is 18.3 Å². The monoisotopic (exact) mass is 245 g/mol. The second-order valence-corrected chi connectivity index (χ2v) is 5.76. The van der Waals surface area contributed by atoms with Crippen molar-refractivity contribution in [2.75, 3.05) is 13.1 Å². The minimum Gasteiger partial charge on any atom is -0.308 e. The molecule has 1 aromatic rings. The fourth-order valence-corrected chi connectivity index (χ4v) is 3.26. The van der Waals surface area contributed by atoms with Crippen molar-refractivity contribution in [3.05, 3.63) is 29.6 Å². The molecule has 2 unspecified atom stereocenters. The first-order valence-corrected chi connectivity index (χ1v) is 7.20. The van der Waals surface area contributed by atoms with Gasteiger partial charge in [0, 0.05) is 24.8 Å². The Bertz CT molecular complexity index is 387. The summed E-state index contributed by atoms with van der Waals surface area (Å²) in [6.45, 7) is 5.61. The van der Waals surface area contributed by atoms with Gasteiger partial charge in [-0.15, -0.1) is 0 Å². The van der Waals surface area contributed by atoms with E-state index in [-0.39, 0.29) is 0 Å². The van der Waals surface area contributed by atoms with Gasteiger partial charge in [-0.1, -0.05) is 6.07 Å². The first kappa shape index (κ1) is 12.1. The molecule has 0 saturated carbocycles. The van der Waals surface area contributed by atoms with Gasteiger partial charge in [-0.05, 0) is 57.3 Å². The summed E-state index contributed by atoms with van der Waals surface area (Å²) in [5.41, 5.74) is 2.40. The van der Waals surface area contributed by atoms with Gasteiger partial charge in [0.05, 0.1) is 5.69 Å². The lowest BCUT2D eigenvalue weighted by Gasteiger charge is -2.35. The van der Waals surface area contributed by atoms with Gasteiger partial charge >= 0.3 is 0 Å². The second kappa shape index (κ2) is 5.37. The number of nitrogens with zero attached hydrogens (tertiary/aromatic N) is 2. The zero-order valence-corrected chi connectivity index (χ0v) is 11.2. The molecule has 3 heteroatoms. The zero-order chi connectivity index (χ0) is 12.4. The highest BCUT2D eigenvalue weighted by Gasteiger charge is 2.31. The third kappa shape index (κ3) is 2.73. The Morgan fingerprint density at radius 2 is 2.28 bits per heavy atom. The molecule has 0 aromatic carbocycles. The van der Waals surface area contributed by atoms with Gasteiger partial charge in [0.1, 0.15) is 0 Å². The number of aromatic nitrogens is 1. The molecule has 2 atom stereocenters. The highest BCUT2D eigenvalue weighted by molar-refractivity contribution is 5.12. The molecule has 2 saturated heterocycles. The molecule has 18 heavy (non-hydrogen) atoms. The van der Waals surface area contributed by atoms with Crippen LogP contribution in [0, 0.1) is 6.92 Å². The minimum atomic E-state index is 0.687. The summed E-state index contributed by atoms with van der Waals surface area (Å²) in [4.78, 5) is 7.13. The standard InChI is InChI=1S/C15H23N3/c1-12-4-5-14(16-10-12)11-17-13-6-8-18-7-2-3-15(18)9-13/h4-5,10,13,15,17H,2-3,6-9,11H2,1H3. The summed E-state index contributed by atoms with van der Waals surface area (Å²) in [5, 5.41) is 3.68. The van der Waals surface area contributed by atoms with Crippen molar-refractivity contribution < 1.29 is 0 Å². The van der Waals surface area contributed by atoms with Crippen molar-refractivity contribution >= 4 is 0 Å². The van der Waals surface area contributed by atoms with Crippen molar-refractivity contribution in [2.24, 2.45) is 0 Å². The first-order valence-electron chi connectivity index (χ1n) is 7.20. The van der Waals surface area contributed by atoms with Gasteiger partial charge in [0.15, 0.2) is 0 Å². The van der Waals surface area contributed by atoms with Gasteiger partial charge in [0.2, 0.25) is 0 Å². The maximum absolute atomic E-state index is 4.46. The Kier molecular flexibility index (Phi) is 3.62.